The fourth-order valence-electron chi connectivity index (χ4n) is 7.94. The zero-order chi connectivity index (χ0) is 37.3. The number of benzene rings is 5. The molecule has 9 heteroatoms. The van der Waals surface area contributed by atoms with Gasteiger partial charge in [0, 0.05) is 30.6 Å². The highest BCUT2D eigenvalue weighted by atomic mass is 127. The highest BCUT2D eigenvalue weighted by Gasteiger charge is 2.40. The van der Waals surface area contributed by atoms with Crippen LogP contribution in [0.15, 0.2) is 115 Å². The molecule has 2 atom stereocenters. The number of halogens is 1. The van der Waals surface area contributed by atoms with E-state index in [1.54, 1.807) is 6.07 Å². The van der Waals surface area contributed by atoms with E-state index in [0.717, 1.165) is 51.1 Å². The lowest BCUT2D eigenvalue weighted by Crippen LogP contribution is -2.54. The van der Waals surface area contributed by atoms with Gasteiger partial charge in [-0.05, 0) is 113 Å². The van der Waals surface area contributed by atoms with Gasteiger partial charge in [0.15, 0.2) is 11.5 Å². The number of carbonyl (C=O) groups is 3. The van der Waals surface area contributed by atoms with Gasteiger partial charge in [-0.15, -0.1) is 0 Å². The van der Waals surface area contributed by atoms with Gasteiger partial charge in [-0.25, -0.2) is 9.69 Å². The summed E-state index contributed by atoms with van der Waals surface area (Å²) in [6.45, 7) is 6.52. The minimum atomic E-state index is -0.769. The van der Waals surface area contributed by atoms with Crippen molar-refractivity contribution in [2.45, 2.75) is 45.1 Å². The van der Waals surface area contributed by atoms with Gasteiger partial charge in [0.1, 0.15) is 12.2 Å². The Kier molecular flexibility index (Phi) is 9.98. The molecule has 3 heterocycles. The number of barbiturate groups is 1. The summed E-state index contributed by atoms with van der Waals surface area (Å²) in [4.78, 5) is 45.1. The zero-order valence-corrected chi connectivity index (χ0v) is 32.3. The molecule has 1 saturated heterocycles. The molecule has 0 aliphatic carbocycles. The number of urea groups is 1. The number of hydrogen-bond acceptors (Lipinski definition) is 6. The Morgan fingerprint density at radius 3 is 2.00 bits per heavy atom. The average molecular weight is 830 g/mol. The van der Waals surface area contributed by atoms with E-state index >= 15 is 0 Å². The standard InChI is InChI=1S/C45H40IN3O5/c1-3-53-40-24-30(23-39(46)42(40)54-27-29-16-14-28(2)15-17-29)22-38-43(50)47-45(52)49(44(38)51)33-25-36-34(31-10-6-4-7-11-31)18-20-48-21-19-35(37(26-33)41(36)48)32-12-8-5-9-13-32/h4-17,22-26,34-35H,3,18-21,27H2,1-2H3,(H,47,50,52)/b38-22+/t34-,35-/m0/s1. The molecule has 8 nitrogen and oxygen atoms in total. The van der Waals surface area contributed by atoms with Gasteiger partial charge in [-0.2, -0.15) is 0 Å². The lowest BCUT2D eigenvalue weighted by atomic mass is 9.76. The second kappa shape index (κ2) is 15.1. The first-order valence-corrected chi connectivity index (χ1v) is 19.5. The topological polar surface area (TPSA) is 88.2 Å². The first kappa shape index (κ1) is 35.6. The number of aryl methyl sites for hydroxylation is 1. The van der Waals surface area contributed by atoms with Gasteiger partial charge in [0.05, 0.1) is 15.9 Å². The SMILES string of the molecule is CCOc1cc(/C=C2\C(=O)NC(=O)N(c3cc4c5c(c3)[C@H](c3ccccc3)CCN5CC[C@H]4c3ccccc3)C2=O)cc(I)c1OCc1ccc(C)cc1. The number of nitrogens with zero attached hydrogens (tertiary/aromatic N) is 2. The fraction of sp³-hybridized carbons (Fsp3) is 0.222. The average Bonchev–Trinajstić information content (AvgIpc) is 3.18. The van der Waals surface area contributed by atoms with Crippen molar-refractivity contribution in [1.82, 2.24) is 5.32 Å². The molecule has 3 aliphatic rings. The number of hydrogen-bond donors (Lipinski definition) is 1. The Bertz CT molecular complexity index is 2200. The van der Waals surface area contributed by atoms with Crippen LogP contribution in [0, 0.1) is 10.5 Å². The van der Waals surface area contributed by atoms with E-state index in [9.17, 15) is 14.4 Å². The third-order valence-corrected chi connectivity index (χ3v) is 11.3. The molecule has 0 spiro atoms. The Labute approximate surface area is 328 Å². The van der Waals surface area contributed by atoms with Crippen LogP contribution in [-0.2, 0) is 16.2 Å². The van der Waals surface area contributed by atoms with Gasteiger partial charge in [-0.1, -0.05) is 90.5 Å². The molecule has 0 aromatic heterocycles. The lowest BCUT2D eigenvalue weighted by Gasteiger charge is -2.44. The van der Waals surface area contributed by atoms with Crippen LogP contribution in [0.3, 0.4) is 0 Å². The number of carbonyl (C=O) groups excluding carboxylic acids is 3. The van der Waals surface area contributed by atoms with E-state index in [-0.39, 0.29) is 17.4 Å². The molecule has 1 fully saturated rings. The van der Waals surface area contributed by atoms with E-state index in [0.29, 0.717) is 36.0 Å². The summed E-state index contributed by atoms with van der Waals surface area (Å²) in [5.41, 5.74) is 8.79. The van der Waals surface area contributed by atoms with Crippen molar-refractivity contribution >= 4 is 57.9 Å². The van der Waals surface area contributed by atoms with Gasteiger partial charge in [0.2, 0.25) is 0 Å². The van der Waals surface area contributed by atoms with Crippen molar-refractivity contribution in [2.75, 3.05) is 29.5 Å². The smallest absolute Gasteiger partial charge is 0.335 e. The molecular formula is C45H40IN3O5. The first-order chi connectivity index (χ1) is 26.3. The van der Waals surface area contributed by atoms with E-state index < -0.39 is 17.8 Å². The second-order valence-corrected chi connectivity index (χ2v) is 15.1. The molecule has 0 bridgehead atoms. The monoisotopic (exact) mass is 829 g/mol. The molecule has 1 N–H and O–H groups in total. The normalized spacial score (nSPS) is 18.7. The minimum Gasteiger partial charge on any atom is -0.490 e. The van der Waals surface area contributed by atoms with Gasteiger partial charge < -0.3 is 14.4 Å². The van der Waals surface area contributed by atoms with Crippen molar-refractivity contribution in [1.29, 1.82) is 0 Å². The van der Waals surface area contributed by atoms with Crippen molar-refractivity contribution in [3.05, 3.63) is 157 Å². The maximum absolute atomic E-state index is 14.5. The molecule has 272 valence electrons. The summed E-state index contributed by atoms with van der Waals surface area (Å²) >= 11 is 2.18. The van der Waals surface area contributed by atoms with Crippen LogP contribution in [0.25, 0.3) is 6.08 Å². The number of amides is 4. The van der Waals surface area contributed by atoms with Crippen LogP contribution in [0.4, 0.5) is 16.2 Å². The van der Waals surface area contributed by atoms with Crippen LogP contribution in [0.5, 0.6) is 11.5 Å². The molecule has 3 aliphatic heterocycles. The van der Waals surface area contributed by atoms with Crippen LogP contribution in [0.1, 0.15) is 70.5 Å². The quantitative estimate of drug-likeness (QED) is 0.0907. The molecule has 0 saturated carbocycles. The molecule has 0 unspecified atom stereocenters. The van der Waals surface area contributed by atoms with Gasteiger partial charge in [-0.3, -0.25) is 14.9 Å². The predicted molar refractivity (Wildman–Crippen MR) is 219 cm³/mol. The Morgan fingerprint density at radius 1 is 0.796 bits per heavy atom. The highest BCUT2D eigenvalue weighted by molar-refractivity contribution is 14.1. The third kappa shape index (κ3) is 6.88. The Morgan fingerprint density at radius 2 is 1.41 bits per heavy atom. The van der Waals surface area contributed by atoms with Crippen molar-refractivity contribution in [3.8, 4) is 11.5 Å². The second-order valence-electron chi connectivity index (χ2n) is 14.0. The molecule has 54 heavy (non-hydrogen) atoms. The lowest BCUT2D eigenvalue weighted by molar-refractivity contribution is -0.122. The van der Waals surface area contributed by atoms with E-state index in [1.807, 2.05) is 68.4 Å². The Balaban J connectivity index is 1.19. The Hall–Kier alpha value is -5.42. The molecule has 5 aromatic rings. The summed E-state index contributed by atoms with van der Waals surface area (Å²) in [6, 6.07) is 35.8. The summed E-state index contributed by atoms with van der Waals surface area (Å²) in [5.74, 6) is -0.193. The molecule has 8 rings (SSSR count). The summed E-state index contributed by atoms with van der Waals surface area (Å²) in [5, 5.41) is 2.45. The number of anilines is 2. The van der Waals surface area contributed by atoms with Crippen molar-refractivity contribution in [3.63, 3.8) is 0 Å². The number of rotatable bonds is 9. The predicted octanol–water partition coefficient (Wildman–Crippen LogP) is 9.12. The van der Waals surface area contributed by atoms with Crippen LogP contribution < -0.4 is 24.6 Å². The largest absolute Gasteiger partial charge is 0.490 e. The molecular weight excluding hydrogens is 789 g/mol. The van der Waals surface area contributed by atoms with E-state index in [4.69, 9.17) is 9.47 Å². The third-order valence-electron chi connectivity index (χ3n) is 10.5. The molecule has 5 aromatic carbocycles. The van der Waals surface area contributed by atoms with Crippen molar-refractivity contribution < 1.29 is 23.9 Å². The van der Waals surface area contributed by atoms with Crippen LogP contribution in [-0.4, -0.2) is 37.5 Å². The maximum Gasteiger partial charge on any atom is 0.335 e. The minimum absolute atomic E-state index is 0.0797. The fourth-order valence-corrected chi connectivity index (χ4v) is 8.72. The van der Waals surface area contributed by atoms with E-state index in [1.165, 1.54) is 28.5 Å². The van der Waals surface area contributed by atoms with Crippen LogP contribution in [0.2, 0.25) is 0 Å². The summed E-state index contributed by atoms with van der Waals surface area (Å²) in [7, 11) is 0. The van der Waals surface area contributed by atoms with Crippen molar-refractivity contribution in [2.24, 2.45) is 0 Å². The highest BCUT2D eigenvalue weighted by Crippen LogP contribution is 2.50. The summed E-state index contributed by atoms with van der Waals surface area (Å²) in [6.07, 6.45) is 3.34. The zero-order valence-electron chi connectivity index (χ0n) is 30.2. The number of nitrogens with one attached hydrogen (secondary N) is 1. The number of imide groups is 2. The van der Waals surface area contributed by atoms with Gasteiger partial charge in [0.25, 0.3) is 11.8 Å². The number of ether oxygens (including phenoxy) is 2. The summed E-state index contributed by atoms with van der Waals surface area (Å²) < 4.78 is 13.0. The first-order valence-electron chi connectivity index (χ1n) is 18.4. The van der Waals surface area contributed by atoms with E-state index in [2.05, 4.69) is 81.3 Å². The molecule has 0 radical (unpaired) electrons. The van der Waals surface area contributed by atoms with Crippen LogP contribution >= 0.6 is 22.6 Å². The maximum atomic E-state index is 14.5. The van der Waals surface area contributed by atoms with Gasteiger partial charge >= 0.3 is 6.03 Å². The molecule has 4 amide bonds.